The van der Waals surface area contributed by atoms with Crippen molar-refractivity contribution in [1.29, 1.82) is 0 Å². The number of halogens is 1. The van der Waals surface area contributed by atoms with Gasteiger partial charge in [0, 0.05) is 11.9 Å². The summed E-state index contributed by atoms with van der Waals surface area (Å²) < 4.78 is 0. The second-order valence-electron chi connectivity index (χ2n) is 3.99. The van der Waals surface area contributed by atoms with Gasteiger partial charge < -0.3 is 16.2 Å². The average molecular weight is 278 g/mol. The fraction of sp³-hybridized carbons (Fsp3) is 0.0769. The summed E-state index contributed by atoms with van der Waals surface area (Å²) in [5.41, 5.74) is 7.66. The molecule has 0 spiro atoms. The molecule has 0 radical (unpaired) electrons. The number of rotatable bonds is 3. The molecule has 6 heteroatoms. The summed E-state index contributed by atoms with van der Waals surface area (Å²) >= 11 is 6.05. The molecule has 1 aromatic carbocycles. The van der Waals surface area contributed by atoms with Crippen LogP contribution in [0.25, 0.3) is 0 Å². The van der Waals surface area contributed by atoms with E-state index >= 15 is 0 Å². The number of nitrogens with one attached hydrogen (secondary N) is 1. The fourth-order valence-corrected chi connectivity index (χ4v) is 1.95. The van der Waals surface area contributed by atoms with Crippen molar-refractivity contribution in [2.75, 3.05) is 11.1 Å². The van der Waals surface area contributed by atoms with Gasteiger partial charge in [-0.15, -0.1) is 0 Å². The molecule has 5 nitrogen and oxygen atoms in total. The molecule has 0 fully saturated rings. The van der Waals surface area contributed by atoms with Gasteiger partial charge in [0.2, 0.25) is 0 Å². The molecule has 0 saturated carbocycles. The normalized spacial score (nSPS) is 10.2. The van der Waals surface area contributed by atoms with E-state index in [1.165, 1.54) is 12.1 Å². The van der Waals surface area contributed by atoms with E-state index in [1.54, 1.807) is 18.3 Å². The van der Waals surface area contributed by atoms with Gasteiger partial charge in [0.25, 0.3) is 0 Å². The van der Waals surface area contributed by atoms with Crippen molar-refractivity contribution >= 4 is 34.6 Å². The number of nitrogens with zero attached hydrogens (tertiary/aromatic N) is 1. The number of pyridine rings is 1. The van der Waals surface area contributed by atoms with Gasteiger partial charge in [-0.05, 0) is 31.2 Å². The molecular weight excluding hydrogens is 266 g/mol. The Bertz CT molecular complexity index is 644. The lowest BCUT2D eigenvalue weighted by molar-refractivity contribution is 0.0698. The van der Waals surface area contributed by atoms with Crippen molar-refractivity contribution in [1.82, 2.24) is 4.98 Å². The first-order valence-electron chi connectivity index (χ1n) is 5.50. The number of benzene rings is 1. The van der Waals surface area contributed by atoms with Crippen LogP contribution in [0.2, 0.25) is 5.02 Å². The Kier molecular flexibility index (Phi) is 3.57. The number of hydrogen-bond donors (Lipinski definition) is 3. The van der Waals surface area contributed by atoms with Crippen LogP contribution in [0.1, 0.15) is 16.1 Å². The summed E-state index contributed by atoms with van der Waals surface area (Å²) in [5.74, 6) is -1.10. The maximum Gasteiger partial charge on any atom is 0.337 e. The Morgan fingerprint density at radius 1 is 1.47 bits per heavy atom. The Morgan fingerprint density at radius 2 is 2.21 bits per heavy atom. The lowest BCUT2D eigenvalue weighted by atomic mass is 10.1. The summed E-state index contributed by atoms with van der Waals surface area (Å²) in [5, 5.41) is 12.4. The number of nitrogens with two attached hydrogens (primary N) is 1. The van der Waals surface area contributed by atoms with E-state index < -0.39 is 5.97 Å². The van der Waals surface area contributed by atoms with Crippen molar-refractivity contribution in [3.05, 3.63) is 46.7 Å². The zero-order chi connectivity index (χ0) is 14.0. The summed E-state index contributed by atoms with van der Waals surface area (Å²) in [6.45, 7) is 1.81. The Hall–Kier alpha value is -2.27. The van der Waals surface area contributed by atoms with Crippen LogP contribution in [0.3, 0.4) is 0 Å². The minimum absolute atomic E-state index is 0.0215. The zero-order valence-electron chi connectivity index (χ0n) is 10.1. The van der Waals surface area contributed by atoms with E-state index in [9.17, 15) is 9.90 Å². The maximum absolute atomic E-state index is 11.2. The number of carboxylic acid groups (broad SMARTS) is 1. The molecule has 0 unspecified atom stereocenters. The van der Waals surface area contributed by atoms with Crippen LogP contribution in [0.5, 0.6) is 0 Å². The SMILES string of the molecule is Cc1ncccc1Nc1c(Cl)cc(N)cc1C(=O)O. The van der Waals surface area contributed by atoms with Gasteiger partial charge in [0.15, 0.2) is 0 Å². The molecule has 0 saturated heterocycles. The Balaban J connectivity index is 2.51. The minimum atomic E-state index is -1.10. The van der Waals surface area contributed by atoms with Crippen molar-refractivity contribution < 1.29 is 9.90 Å². The molecule has 0 bridgehead atoms. The molecule has 2 rings (SSSR count). The first-order chi connectivity index (χ1) is 8.99. The summed E-state index contributed by atoms with van der Waals surface area (Å²) in [6, 6.07) is 6.41. The topological polar surface area (TPSA) is 88.2 Å². The van der Waals surface area contributed by atoms with Gasteiger partial charge in [0.1, 0.15) is 0 Å². The van der Waals surface area contributed by atoms with E-state index in [-0.39, 0.29) is 10.6 Å². The monoisotopic (exact) mass is 277 g/mol. The first-order valence-corrected chi connectivity index (χ1v) is 5.88. The standard InChI is InChI=1S/C13H12ClN3O2/c1-7-11(3-2-4-16-7)17-12-9(13(18)19)5-8(15)6-10(12)14/h2-6,17H,15H2,1H3,(H,18,19). The van der Waals surface area contributed by atoms with Crippen molar-refractivity contribution in [2.45, 2.75) is 6.92 Å². The second kappa shape index (κ2) is 5.16. The highest BCUT2D eigenvalue weighted by atomic mass is 35.5. The van der Waals surface area contributed by atoms with Crippen LogP contribution >= 0.6 is 11.6 Å². The van der Waals surface area contributed by atoms with Crippen LogP contribution in [-0.4, -0.2) is 16.1 Å². The summed E-state index contributed by atoms with van der Waals surface area (Å²) in [7, 11) is 0. The summed E-state index contributed by atoms with van der Waals surface area (Å²) in [6.07, 6.45) is 1.66. The fourth-order valence-electron chi connectivity index (χ4n) is 1.67. The predicted molar refractivity (Wildman–Crippen MR) is 75.1 cm³/mol. The van der Waals surface area contributed by atoms with Gasteiger partial charge in [-0.25, -0.2) is 4.79 Å². The number of aryl methyl sites for hydroxylation is 1. The predicted octanol–water partition coefficient (Wildman–Crippen LogP) is 3.07. The molecule has 0 amide bonds. The van der Waals surface area contributed by atoms with Crippen LogP contribution in [0.4, 0.5) is 17.1 Å². The Morgan fingerprint density at radius 3 is 2.84 bits per heavy atom. The van der Waals surface area contributed by atoms with Crippen LogP contribution in [0, 0.1) is 6.92 Å². The Labute approximate surface area is 115 Å². The third-order valence-electron chi connectivity index (χ3n) is 2.61. The number of carbonyl (C=O) groups is 1. The van der Waals surface area contributed by atoms with E-state index in [4.69, 9.17) is 17.3 Å². The van der Waals surface area contributed by atoms with Crippen LogP contribution in [0.15, 0.2) is 30.5 Å². The highest BCUT2D eigenvalue weighted by molar-refractivity contribution is 6.34. The molecule has 98 valence electrons. The van der Waals surface area contributed by atoms with Gasteiger partial charge in [-0.1, -0.05) is 11.6 Å². The second-order valence-corrected chi connectivity index (χ2v) is 4.40. The third kappa shape index (κ3) is 2.77. The molecule has 1 aromatic heterocycles. The van der Waals surface area contributed by atoms with Gasteiger partial charge in [-0.3, -0.25) is 4.98 Å². The molecule has 2 aromatic rings. The number of anilines is 3. The molecular formula is C13H12ClN3O2. The average Bonchev–Trinajstić information content (AvgIpc) is 2.34. The highest BCUT2D eigenvalue weighted by Crippen LogP contribution is 2.32. The van der Waals surface area contributed by atoms with E-state index in [0.29, 0.717) is 17.1 Å². The van der Waals surface area contributed by atoms with Gasteiger partial charge >= 0.3 is 5.97 Å². The molecule has 0 aliphatic heterocycles. The van der Waals surface area contributed by atoms with Crippen molar-refractivity contribution in [2.24, 2.45) is 0 Å². The molecule has 19 heavy (non-hydrogen) atoms. The minimum Gasteiger partial charge on any atom is -0.478 e. The van der Waals surface area contributed by atoms with Crippen molar-refractivity contribution in [3.63, 3.8) is 0 Å². The maximum atomic E-state index is 11.2. The van der Waals surface area contributed by atoms with E-state index in [0.717, 1.165) is 5.69 Å². The number of hydrogen-bond acceptors (Lipinski definition) is 4. The van der Waals surface area contributed by atoms with Crippen molar-refractivity contribution in [3.8, 4) is 0 Å². The van der Waals surface area contributed by atoms with E-state index in [1.807, 2.05) is 6.92 Å². The molecule has 0 atom stereocenters. The van der Waals surface area contributed by atoms with Crippen LogP contribution in [-0.2, 0) is 0 Å². The smallest absolute Gasteiger partial charge is 0.337 e. The largest absolute Gasteiger partial charge is 0.478 e. The number of aromatic carboxylic acids is 1. The lowest BCUT2D eigenvalue weighted by Crippen LogP contribution is -2.05. The molecule has 0 aliphatic carbocycles. The first kappa shape index (κ1) is 13.2. The number of nitrogen functional groups attached to an aromatic ring is 1. The molecule has 4 N–H and O–H groups in total. The third-order valence-corrected chi connectivity index (χ3v) is 2.91. The molecule has 0 aliphatic rings. The number of aromatic nitrogens is 1. The molecule has 1 heterocycles. The van der Waals surface area contributed by atoms with E-state index in [2.05, 4.69) is 10.3 Å². The van der Waals surface area contributed by atoms with Gasteiger partial charge in [-0.2, -0.15) is 0 Å². The highest BCUT2D eigenvalue weighted by Gasteiger charge is 2.15. The lowest BCUT2D eigenvalue weighted by Gasteiger charge is -2.13. The zero-order valence-corrected chi connectivity index (χ0v) is 10.9. The quantitative estimate of drug-likeness (QED) is 0.750. The van der Waals surface area contributed by atoms with Gasteiger partial charge in [0.05, 0.1) is 27.7 Å². The van der Waals surface area contributed by atoms with Crippen LogP contribution < -0.4 is 11.1 Å². The summed E-state index contributed by atoms with van der Waals surface area (Å²) in [4.78, 5) is 15.4. The number of carboxylic acids is 1.